The zero-order chi connectivity index (χ0) is 15.9. The van der Waals surface area contributed by atoms with Crippen molar-refractivity contribution >= 4 is 18.1 Å². The van der Waals surface area contributed by atoms with Gasteiger partial charge in [0, 0.05) is 31.9 Å². The summed E-state index contributed by atoms with van der Waals surface area (Å²) in [5.41, 5.74) is 4.37. The molecular formula is C19H22ClN3O. The van der Waals surface area contributed by atoms with Crippen molar-refractivity contribution in [3.63, 3.8) is 0 Å². The predicted octanol–water partition coefficient (Wildman–Crippen LogP) is 3.11. The lowest BCUT2D eigenvalue weighted by Crippen LogP contribution is -2.36. The molecule has 0 saturated carbocycles. The highest BCUT2D eigenvalue weighted by Crippen LogP contribution is 2.16. The van der Waals surface area contributed by atoms with E-state index >= 15 is 0 Å². The first-order valence-electron chi connectivity index (χ1n) is 7.96. The second-order valence-electron chi connectivity index (χ2n) is 5.68. The molecule has 0 aliphatic carbocycles. The van der Waals surface area contributed by atoms with Gasteiger partial charge in [-0.3, -0.25) is 0 Å². The third-order valence-electron chi connectivity index (χ3n) is 4.03. The van der Waals surface area contributed by atoms with Gasteiger partial charge in [-0.15, -0.1) is 12.4 Å². The molecule has 0 amide bonds. The van der Waals surface area contributed by atoms with Crippen molar-refractivity contribution in [2.24, 2.45) is 0 Å². The van der Waals surface area contributed by atoms with Crippen molar-refractivity contribution < 1.29 is 4.74 Å². The van der Waals surface area contributed by atoms with Gasteiger partial charge in [-0.25, -0.2) is 0 Å². The Hall–Kier alpha value is -2.06. The molecule has 1 aliphatic heterocycles. The van der Waals surface area contributed by atoms with Crippen LogP contribution >= 0.6 is 12.4 Å². The molecule has 5 heteroatoms. The van der Waals surface area contributed by atoms with Crippen LogP contribution in [-0.2, 0) is 17.8 Å². The van der Waals surface area contributed by atoms with Crippen molar-refractivity contribution in [1.82, 2.24) is 5.32 Å². The third kappa shape index (κ3) is 4.97. The number of hydrogen-bond acceptors (Lipinski definition) is 4. The number of nitrogens with zero attached hydrogens (tertiary/aromatic N) is 2. The Morgan fingerprint density at radius 2 is 1.71 bits per heavy atom. The molecule has 0 radical (unpaired) electrons. The van der Waals surface area contributed by atoms with Crippen LogP contribution < -0.4 is 10.2 Å². The topological polar surface area (TPSA) is 48.3 Å². The minimum Gasteiger partial charge on any atom is -0.378 e. The van der Waals surface area contributed by atoms with E-state index in [1.807, 2.05) is 24.3 Å². The first kappa shape index (κ1) is 18.3. The summed E-state index contributed by atoms with van der Waals surface area (Å²) in [4.78, 5) is 2.36. The Morgan fingerprint density at radius 3 is 2.42 bits per heavy atom. The van der Waals surface area contributed by atoms with Crippen LogP contribution in [0, 0.1) is 11.3 Å². The third-order valence-corrected chi connectivity index (χ3v) is 4.03. The van der Waals surface area contributed by atoms with E-state index in [9.17, 15) is 0 Å². The molecule has 2 aromatic carbocycles. The van der Waals surface area contributed by atoms with E-state index in [2.05, 4.69) is 40.6 Å². The van der Waals surface area contributed by atoms with Crippen molar-refractivity contribution in [2.45, 2.75) is 13.1 Å². The zero-order valence-corrected chi connectivity index (χ0v) is 14.4. The van der Waals surface area contributed by atoms with E-state index < -0.39 is 0 Å². The summed E-state index contributed by atoms with van der Waals surface area (Å²) in [6, 6.07) is 18.6. The van der Waals surface area contributed by atoms with E-state index in [-0.39, 0.29) is 12.4 Å². The van der Waals surface area contributed by atoms with Crippen LogP contribution in [0.15, 0.2) is 48.5 Å². The van der Waals surface area contributed by atoms with Gasteiger partial charge in [0.05, 0.1) is 24.8 Å². The molecule has 24 heavy (non-hydrogen) atoms. The summed E-state index contributed by atoms with van der Waals surface area (Å²) in [6.07, 6.45) is 0. The Balaban J connectivity index is 0.00000208. The highest BCUT2D eigenvalue weighted by molar-refractivity contribution is 5.85. The van der Waals surface area contributed by atoms with Gasteiger partial charge in [0.2, 0.25) is 0 Å². The van der Waals surface area contributed by atoms with Crippen LogP contribution in [0.2, 0.25) is 0 Å². The van der Waals surface area contributed by atoms with E-state index in [1.54, 1.807) is 0 Å². The molecule has 4 nitrogen and oxygen atoms in total. The predicted molar refractivity (Wildman–Crippen MR) is 98.4 cm³/mol. The van der Waals surface area contributed by atoms with Crippen LogP contribution in [0.3, 0.4) is 0 Å². The van der Waals surface area contributed by atoms with Gasteiger partial charge in [0.1, 0.15) is 0 Å². The Morgan fingerprint density at radius 1 is 1.00 bits per heavy atom. The average molecular weight is 344 g/mol. The molecule has 1 N–H and O–H groups in total. The minimum absolute atomic E-state index is 0. The molecule has 3 rings (SSSR count). The number of anilines is 1. The van der Waals surface area contributed by atoms with Gasteiger partial charge < -0.3 is 15.0 Å². The number of benzene rings is 2. The van der Waals surface area contributed by atoms with Crippen LogP contribution in [0.25, 0.3) is 0 Å². The summed E-state index contributed by atoms with van der Waals surface area (Å²) in [5, 5.41) is 12.3. The summed E-state index contributed by atoms with van der Waals surface area (Å²) < 4.78 is 5.38. The molecule has 1 aliphatic rings. The number of hydrogen-bond donors (Lipinski definition) is 1. The summed E-state index contributed by atoms with van der Waals surface area (Å²) in [5.74, 6) is 0. The van der Waals surface area contributed by atoms with Gasteiger partial charge in [-0.2, -0.15) is 5.26 Å². The standard InChI is InChI=1S/C19H21N3O.ClH/c20-13-17-2-1-3-18(12-17)15-21-14-16-4-6-19(7-5-16)22-8-10-23-11-9-22;/h1-7,12,21H,8-11,14-15H2;1H. The molecule has 0 aromatic heterocycles. The number of halogens is 1. The molecule has 1 fully saturated rings. The fourth-order valence-electron chi connectivity index (χ4n) is 2.75. The molecule has 0 unspecified atom stereocenters. The maximum atomic E-state index is 8.92. The second kappa shape index (κ2) is 9.29. The monoisotopic (exact) mass is 343 g/mol. The lowest BCUT2D eigenvalue weighted by molar-refractivity contribution is 0.122. The summed E-state index contributed by atoms with van der Waals surface area (Å²) >= 11 is 0. The number of nitriles is 1. The van der Waals surface area contributed by atoms with Crippen molar-refractivity contribution in [2.75, 3.05) is 31.2 Å². The highest BCUT2D eigenvalue weighted by atomic mass is 35.5. The molecule has 126 valence electrons. The van der Waals surface area contributed by atoms with Gasteiger partial charge >= 0.3 is 0 Å². The average Bonchev–Trinajstić information content (AvgIpc) is 2.63. The van der Waals surface area contributed by atoms with Crippen molar-refractivity contribution in [3.05, 3.63) is 65.2 Å². The second-order valence-corrected chi connectivity index (χ2v) is 5.68. The summed E-state index contributed by atoms with van der Waals surface area (Å²) in [7, 11) is 0. The molecular weight excluding hydrogens is 322 g/mol. The quantitative estimate of drug-likeness (QED) is 0.906. The maximum Gasteiger partial charge on any atom is 0.0991 e. The lowest BCUT2D eigenvalue weighted by Gasteiger charge is -2.28. The van der Waals surface area contributed by atoms with Crippen LogP contribution in [-0.4, -0.2) is 26.3 Å². The molecule has 0 spiro atoms. The van der Waals surface area contributed by atoms with Crippen LogP contribution in [0.5, 0.6) is 0 Å². The first-order chi connectivity index (χ1) is 11.3. The summed E-state index contributed by atoms with van der Waals surface area (Å²) in [6.45, 7) is 5.14. The van der Waals surface area contributed by atoms with Gasteiger partial charge in [0.15, 0.2) is 0 Å². The highest BCUT2D eigenvalue weighted by Gasteiger charge is 2.10. The van der Waals surface area contributed by atoms with Gasteiger partial charge in [-0.05, 0) is 35.4 Å². The fourth-order valence-corrected chi connectivity index (χ4v) is 2.75. The normalized spacial score (nSPS) is 13.9. The Bertz CT molecular complexity index is 676. The van der Waals surface area contributed by atoms with Crippen LogP contribution in [0.1, 0.15) is 16.7 Å². The lowest BCUT2D eigenvalue weighted by atomic mass is 10.1. The van der Waals surface area contributed by atoms with Gasteiger partial charge in [0.25, 0.3) is 0 Å². The SMILES string of the molecule is Cl.N#Cc1cccc(CNCc2ccc(N3CCOCC3)cc2)c1. The minimum atomic E-state index is 0. The largest absolute Gasteiger partial charge is 0.378 e. The first-order valence-corrected chi connectivity index (χ1v) is 7.96. The number of ether oxygens (including phenoxy) is 1. The van der Waals surface area contributed by atoms with Gasteiger partial charge in [-0.1, -0.05) is 24.3 Å². The zero-order valence-electron chi connectivity index (χ0n) is 13.6. The van der Waals surface area contributed by atoms with E-state index in [4.69, 9.17) is 10.00 Å². The van der Waals surface area contributed by atoms with Crippen LogP contribution in [0.4, 0.5) is 5.69 Å². The molecule has 1 saturated heterocycles. The number of rotatable bonds is 5. The maximum absolute atomic E-state index is 8.92. The Kier molecular flexibility index (Phi) is 7.07. The van der Waals surface area contributed by atoms with Crippen molar-refractivity contribution in [1.29, 1.82) is 5.26 Å². The molecule has 0 bridgehead atoms. The number of nitrogens with one attached hydrogen (secondary N) is 1. The van der Waals surface area contributed by atoms with E-state index in [0.29, 0.717) is 5.56 Å². The van der Waals surface area contributed by atoms with E-state index in [1.165, 1.54) is 11.3 Å². The van der Waals surface area contributed by atoms with E-state index in [0.717, 1.165) is 45.0 Å². The molecule has 1 heterocycles. The Labute approximate surface area is 149 Å². The number of morpholine rings is 1. The van der Waals surface area contributed by atoms with Crippen molar-refractivity contribution in [3.8, 4) is 6.07 Å². The fraction of sp³-hybridized carbons (Fsp3) is 0.316. The molecule has 2 aromatic rings. The molecule has 0 atom stereocenters. The smallest absolute Gasteiger partial charge is 0.0991 e.